The van der Waals surface area contributed by atoms with Gasteiger partial charge in [-0.25, -0.2) is 5.10 Å². The Morgan fingerprint density at radius 3 is 2.88 bits per heavy atom. The minimum atomic E-state index is -0.561. The number of halogens is 1. The average Bonchev–Trinajstić information content (AvgIpc) is 2.80. The van der Waals surface area contributed by atoms with E-state index in [4.69, 9.17) is 16.7 Å². The first-order chi connectivity index (χ1) is 7.70. The van der Waals surface area contributed by atoms with Crippen LogP contribution in [-0.4, -0.2) is 38.1 Å². The maximum atomic E-state index is 11.3. The molecule has 6 nitrogen and oxygen atoms in total. The van der Waals surface area contributed by atoms with E-state index in [1.807, 2.05) is 0 Å². The summed E-state index contributed by atoms with van der Waals surface area (Å²) >= 11 is 5.85. The lowest BCUT2D eigenvalue weighted by Crippen LogP contribution is -2.04. The zero-order valence-electron chi connectivity index (χ0n) is 8.01. The number of hydrogen-bond acceptors (Lipinski definition) is 5. The van der Waals surface area contributed by atoms with Gasteiger partial charge in [0, 0.05) is 16.1 Å². The molecule has 0 atom stereocenters. The van der Waals surface area contributed by atoms with Crippen molar-refractivity contribution in [1.29, 1.82) is 0 Å². The minimum Gasteiger partial charge on any atom is -0.388 e. The highest BCUT2D eigenvalue weighted by atomic mass is 35.5. The summed E-state index contributed by atoms with van der Waals surface area (Å²) in [5.74, 6) is 0.00529. The Hall–Kier alpha value is -1.79. The molecule has 0 bridgehead atoms. The van der Waals surface area contributed by atoms with Crippen LogP contribution in [0, 0.1) is 0 Å². The Labute approximate surface area is 95.3 Å². The molecule has 2 N–H and O–H groups in total. The van der Waals surface area contributed by atoms with E-state index >= 15 is 0 Å². The molecular weight excluding hydrogens is 232 g/mol. The number of nitrogens with one attached hydrogen (secondary N) is 1. The van der Waals surface area contributed by atoms with E-state index in [0.717, 1.165) is 0 Å². The smallest absolute Gasteiger partial charge is 0.188 e. The van der Waals surface area contributed by atoms with Crippen LogP contribution in [0.4, 0.5) is 0 Å². The van der Waals surface area contributed by atoms with Gasteiger partial charge in [-0.15, -0.1) is 5.10 Å². The second-order valence-corrected chi connectivity index (χ2v) is 3.50. The summed E-state index contributed by atoms with van der Waals surface area (Å²) in [5, 5.41) is 22.3. The lowest BCUT2D eigenvalue weighted by Gasteiger charge is -2.01. The number of tetrazole rings is 1. The molecule has 0 saturated heterocycles. The molecule has 16 heavy (non-hydrogen) atoms. The number of aromatic nitrogens is 4. The van der Waals surface area contributed by atoms with E-state index in [-0.39, 0.29) is 0 Å². The Morgan fingerprint density at radius 1 is 1.44 bits per heavy atom. The predicted octanol–water partition coefficient (Wildman–Crippen LogP) is 0.695. The third-order valence-electron chi connectivity index (χ3n) is 1.98. The second-order valence-electron chi connectivity index (χ2n) is 3.06. The van der Waals surface area contributed by atoms with Crippen LogP contribution in [0.15, 0.2) is 18.2 Å². The van der Waals surface area contributed by atoms with Gasteiger partial charge in [0.05, 0.1) is 0 Å². The van der Waals surface area contributed by atoms with Crippen molar-refractivity contribution >= 4 is 17.4 Å². The van der Waals surface area contributed by atoms with Gasteiger partial charge in [0.2, 0.25) is 0 Å². The molecule has 0 aliphatic carbocycles. The molecule has 2 rings (SSSR count). The van der Waals surface area contributed by atoms with E-state index in [9.17, 15) is 4.79 Å². The largest absolute Gasteiger partial charge is 0.388 e. The van der Waals surface area contributed by atoms with Crippen molar-refractivity contribution in [2.45, 2.75) is 0 Å². The van der Waals surface area contributed by atoms with Gasteiger partial charge in [-0.3, -0.25) is 4.79 Å². The van der Waals surface area contributed by atoms with Crippen LogP contribution in [0.1, 0.15) is 10.4 Å². The number of rotatable bonds is 3. The Morgan fingerprint density at radius 2 is 2.25 bits per heavy atom. The molecule has 0 aliphatic heterocycles. The van der Waals surface area contributed by atoms with Gasteiger partial charge in [-0.05, 0) is 28.6 Å². The normalized spacial score (nSPS) is 10.4. The molecule has 0 radical (unpaired) electrons. The average molecular weight is 239 g/mol. The molecular formula is C9H7ClN4O2. The fraction of sp³-hybridized carbons (Fsp3) is 0.111. The highest BCUT2D eigenvalue weighted by molar-refractivity contribution is 6.31. The van der Waals surface area contributed by atoms with Crippen LogP contribution in [0.25, 0.3) is 11.4 Å². The van der Waals surface area contributed by atoms with Gasteiger partial charge in [0.15, 0.2) is 11.6 Å². The predicted molar refractivity (Wildman–Crippen MR) is 56.0 cm³/mol. The number of benzene rings is 1. The topological polar surface area (TPSA) is 91.8 Å². The summed E-state index contributed by atoms with van der Waals surface area (Å²) in [4.78, 5) is 11.3. The summed E-state index contributed by atoms with van der Waals surface area (Å²) < 4.78 is 0. The fourth-order valence-corrected chi connectivity index (χ4v) is 1.50. The number of H-pyrrole nitrogens is 1. The molecule has 0 fully saturated rings. The molecule has 0 amide bonds. The molecule has 1 aromatic heterocycles. The molecule has 1 heterocycles. The number of aromatic amines is 1. The van der Waals surface area contributed by atoms with E-state index < -0.39 is 12.4 Å². The number of Topliss-reactive ketones (excluding diaryl/α,β-unsaturated/α-hetero) is 1. The van der Waals surface area contributed by atoms with Crippen molar-refractivity contribution in [3.8, 4) is 11.4 Å². The van der Waals surface area contributed by atoms with Crippen LogP contribution in [-0.2, 0) is 0 Å². The fourth-order valence-electron chi connectivity index (χ4n) is 1.26. The van der Waals surface area contributed by atoms with Crippen LogP contribution < -0.4 is 0 Å². The van der Waals surface area contributed by atoms with Crippen LogP contribution in [0.3, 0.4) is 0 Å². The number of carbonyl (C=O) groups excluding carboxylic acids is 1. The molecule has 0 spiro atoms. The summed E-state index contributed by atoms with van der Waals surface area (Å²) in [6, 6.07) is 4.66. The first-order valence-corrected chi connectivity index (χ1v) is 4.77. The Kier molecular flexibility index (Phi) is 2.93. The van der Waals surface area contributed by atoms with Gasteiger partial charge >= 0.3 is 0 Å². The third-order valence-corrected chi connectivity index (χ3v) is 2.20. The van der Waals surface area contributed by atoms with Gasteiger partial charge in [-0.2, -0.15) is 0 Å². The molecule has 0 aliphatic rings. The molecule has 1 aromatic carbocycles. The maximum Gasteiger partial charge on any atom is 0.188 e. The van der Waals surface area contributed by atoms with Crippen molar-refractivity contribution in [2.24, 2.45) is 0 Å². The third kappa shape index (κ3) is 2.07. The number of aliphatic hydroxyl groups is 1. The van der Waals surface area contributed by atoms with E-state index in [2.05, 4.69) is 20.6 Å². The van der Waals surface area contributed by atoms with E-state index in [1.165, 1.54) is 6.07 Å². The van der Waals surface area contributed by atoms with Gasteiger partial charge in [-0.1, -0.05) is 11.6 Å². The highest BCUT2D eigenvalue weighted by Crippen LogP contribution is 2.21. The molecule has 0 saturated carbocycles. The number of hydrogen-bond donors (Lipinski definition) is 2. The van der Waals surface area contributed by atoms with Gasteiger partial charge < -0.3 is 5.11 Å². The lowest BCUT2D eigenvalue weighted by atomic mass is 10.1. The number of carbonyl (C=O) groups is 1. The van der Waals surface area contributed by atoms with Gasteiger partial charge in [0.25, 0.3) is 0 Å². The summed E-state index contributed by atoms with van der Waals surface area (Å²) in [5.41, 5.74) is 0.913. The highest BCUT2D eigenvalue weighted by Gasteiger charge is 2.10. The zero-order valence-corrected chi connectivity index (χ0v) is 8.77. The van der Waals surface area contributed by atoms with Gasteiger partial charge in [0.1, 0.15) is 6.61 Å². The standard InChI is InChI=1S/C9H7ClN4O2/c10-7-2-5(8(16)4-15)1-6(3-7)9-11-13-14-12-9/h1-3,15H,4H2,(H,11,12,13,14). The molecule has 7 heteroatoms. The monoisotopic (exact) mass is 238 g/mol. The Bertz CT molecular complexity index is 512. The minimum absolute atomic E-state index is 0.321. The zero-order chi connectivity index (χ0) is 11.5. The van der Waals surface area contributed by atoms with Crippen molar-refractivity contribution < 1.29 is 9.90 Å². The van der Waals surface area contributed by atoms with Crippen molar-refractivity contribution in [2.75, 3.05) is 6.61 Å². The van der Waals surface area contributed by atoms with Crippen molar-refractivity contribution in [1.82, 2.24) is 20.6 Å². The second kappa shape index (κ2) is 4.38. The summed E-state index contributed by atoms with van der Waals surface area (Å²) in [6.45, 7) is -0.561. The van der Waals surface area contributed by atoms with E-state index in [1.54, 1.807) is 12.1 Å². The van der Waals surface area contributed by atoms with Crippen LogP contribution in [0.2, 0.25) is 5.02 Å². The van der Waals surface area contributed by atoms with Crippen molar-refractivity contribution in [3.63, 3.8) is 0 Å². The number of aliphatic hydroxyl groups excluding tert-OH is 1. The first kappa shape index (κ1) is 10.7. The van der Waals surface area contributed by atoms with Crippen LogP contribution in [0.5, 0.6) is 0 Å². The number of nitrogens with zero attached hydrogens (tertiary/aromatic N) is 3. The molecule has 0 unspecified atom stereocenters. The lowest BCUT2D eigenvalue weighted by molar-refractivity contribution is 0.0904. The Balaban J connectivity index is 2.48. The first-order valence-electron chi connectivity index (χ1n) is 4.39. The van der Waals surface area contributed by atoms with Crippen LogP contribution >= 0.6 is 11.6 Å². The maximum absolute atomic E-state index is 11.3. The van der Waals surface area contributed by atoms with Crippen molar-refractivity contribution in [3.05, 3.63) is 28.8 Å². The quantitative estimate of drug-likeness (QED) is 0.768. The summed E-state index contributed by atoms with van der Waals surface area (Å²) in [7, 11) is 0. The summed E-state index contributed by atoms with van der Waals surface area (Å²) in [6.07, 6.45) is 0. The number of ketones is 1. The SMILES string of the molecule is O=C(CO)c1cc(Cl)cc(-c2nnn[nH]2)c1. The van der Waals surface area contributed by atoms with E-state index in [0.29, 0.717) is 22.0 Å². The molecule has 2 aromatic rings. The molecule has 82 valence electrons.